The lowest BCUT2D eigenvalue weighted by Gasteiger charge is -2.17. The molecule has 1 atom stereocenters. The van der Waals surface area contributed by atoms with Gasteiger partial charge in [0.1, 0.15) is 5.52 Å². The molecule has 6 heteroatoms. The highest BCUT2D eigenvalue weighted by Gasteiger charge is 2.24. The zero-order valence-corrected chi connectivity index (χ0v) is 13.5. The van der Waals surface area contributed by atoms with Gasteiger partial charge >= 0.3 is 0 Å². The molecule has 1 N–H and O–H groups in total. The number of hydrogen-bond donors (Lipinski definition) is 1. The van der Waals surface area contributed by atoms with Gasteiger partial charge in [-0.15, -0.1) is 0 Å². The van der Waals surface area contributed by atoms with E-state index in [1.54, 1.807) is 24.4 Å². The fourth-order valence-electron chi connectivity index (χ4n) is 3.36. The summed E-state index contributed by atoms with van der Waals surface area (Å²) in [6.07, 6.45) is 3.58. The Labute approximate surface area is 143 Å². The van der Waals surface area contributed by atoms with Gasteiger partial charge in [-0.1, -0.05) is 17.7 Å². The Bertz CT molecular complexity index is 958. The van der Waals surface area contributed by atoms with Crippen molar-refractivity contribution in [1.82, 2.24) is 4.98 Å². The van der Waals surface area contributed by atoms with E-state index in [1.807, 2.05) is 18.2 Å². The van der Waals surface area contributed by atoms with Crippen LogP contribution in [0.3, 0.4) is 0 Å². The smallest absolute Gasteiger partial charge is 0.278 e. The van der Waals surface area contributed by atoms with Gasteiger partial charge in [0.15, 0.2) is 0 Å². The summed E-state index contributed by atoms with van der Waals surface area (Å²) >= 11 is 6.06. The van der Waals surface area contributed by atoms with Crippen LogP contribution in [0.4, 0.5) is 11.4 Å². The summed E-state index contributed by atoms with van der Waals surface area (Å²) in [5.74, 6) is 0. The van der Waals surface area contributed by atoms with Gasteiger partial charge in [-0.3, -0.25) is 15.1 Å². The third kappa shape index (κ3) is 2.47. The first kappa shape index (κ1) is 14.9. The predicted molar refractivity (Wildman–Crippen MR) is 94.5 cm³/mol. The second kappa shape index (κ2) is 5.76. The fourth-order valence-corrected chi connectivity index (χ4v) is 3.55. The number of nitro benzene ring substituents is 1. The summed E-state index contributed by atoms with van der Waals surface area (Å²) in [6.45, 7) is 0. The van der Waals surface area contributed by atoms with Crippen LogP contribution < -0.4 is 5.32 Å². The minimum atomic E-state index is -0.374. The molecule has 0 bridgehead atoms. The number of nitrogens with zero attached hydrogens (tertiary/aromatic N) is 2. The van der Waals surface area contributed by atoms with Crippen molar-refractivity contribution in [3.05, 3.63) is 74.9 Å². The molecule has 24 heavy (non-hydrogen) atoms. The number of nitrogens with one attached hydrogen (secondary N) is 1. The minimum absolute atomic E-state index is 0.0715. The molecule has 3 aromatic rings. The molecule has 0 fully saturated rings. The van der Waals surface area contributed by atoms with Crippen molar-refractivity contribution in [3.8, 4) is 0 Å². The van der Waals surface area contributed by atoms with Crippen molar-refractivity contribution in [2.45, 2.75) is 18.9 Å². The number of pyridine rings is 1. The summed E-state index contributed by atoms with van der Waals surface area (Å²) in [7, 11) is 0. The van der Waals surface area contributed by atoms with Crippen LogP contribution in [-0.4, -0.2) is 9.91 Å². The lowest BCUT2D eigenvalue weighted by atomic mass is 10.1. The van der Waals surface area contributed by atoms with E-state index in [2.05, 4.69) is 10.3 Å². The third-order valence-electron chi connectivity index (χ3n) is 4.46. The minimum Gasteiger partial charge on any atom is -0.376 e. The molecule has 2 aromatic carbocycles. The molecule has 1 aliphatic rings. The molecule has 120 valence electrons. The summed E-state index contributed by atoms with van der Waals surface area (Å²) in [5, 5.41) is 16.0. The number of rotatable bonds is 3. The van der Waals surface area contributed by atoms with Gasteiger partial charge in [0.2, 0.25) is 0 Å². The molecule has 0 saturated heterocycles. The van der Waals surface area contributed by atoms with E-state index in [1.165, 1.54) is 17.2 Å². The van der Waals surface area contributed by atoms with Gasteiger partial charge in [-0.05, 0) is 54.3 Å². The lowest BCUT2D eigenvalue weighted by molar-refractivity contribution is -0.383. The Morgan fingerprint density at radius 3 is 2.96 bits per heavy atom. The van der Waals surface area contributed by atoms with Crippen molar-refractivity contribution in [3.63, 3.8) is 0 Å². The van der Waals surface area contributed by atoms with E-state index in [9.17, 15) is 10.1 Å². The van der Waals surface area contributed by atoms with E-state index in [-0.39, 0.29) is 16.7 Å². The molecule has 0 unspecified atom stereocenters. The van der Waals surface area contributed by atoms with Crippen molar-refractivity contribution in [2.75, 3.05) is 5.32 Å². The standard InChI is InChI=1S/C18H14ClN3O2/c19-12-4-5-13-11(10-12)3-6-15(13)21-16-7-8-17(22(23)24)14-2-1-9-20-18(14)16/h1-2,4-5,7-10,15,21H,3,6H2/t15-/m1/s1. The number of anilines is 1. The first-order chi connectivity index (χ1) is 11.6. The number of hydrogen-bond acceptors (Lipinski definition) is 4. The average Bonchev–Trinajstić information content (AvgIpc) is 2.97. The molecule has 0 spiro atoms. The highest BCUT2D eigenvalue weighted by molar-refractivity contribution is 6.30. The maximum absolute atomic E-state index is 11.2. The number of benzene rings is 2. The van der Waals surface area contributed by atoms with Crippen LogP contribution in [0.1, 0.15) is 23.6 Å². The number of nitro groups is 1. The van der Waals surface area contributed by atoms with Crippen molar-refractivity contribution >= 4 is 33.9 Å². The van der Waals surface area contributed by atoms with Crippen LogP contribution in [0.5, 0.6) is 0 Å². The van der Waals surface area contributed by atoms with Crippen LogP contribution in [0.25, 0.3) is 10.9 Å². The van der Waals surface area contributed by atoms with Gasteiger partial charge in [-0.25, -0.2) is 0 Å². The lowest BCUT2D eigenvalue weighted by Crippen LogP contribution is -2.08. The van der Waals surface area contributed by atoms with Gasteiger partial charge < -0.3 is 5.32 Å². The third-order valence-corrected chi connectivity index (χ3v) is 4.69. The van der Waals surface area contributed by atoms with Gasteiger partial charge in [-0.2, -0.15) is 0 Å². The number of non-ortho nitro benzene ring substituents is 1. The Kier molecular flexibility index (Phi) is 3.58. The molecule has 1 heterocycles. The first-order valence-electron chi connectivity index (χ1n) is 7.70. The normalized spacial score (nSPS) is 16.1. The Hall–Kier alpha value is -2.66. The number of aromatic nitrogens is 1. The first-order valence-corrected chi connectivity index (χ1v) is 8.08. The molecular formula is C18H14ClN3O2. The van der Waals surface area contributed by atoms with E-state index in [0.29, 0.717) is 10.9 Å². The summed E-state index contributed by atoms with van der Waals surface area (Å²) in [5.41, 5.74) is 3.97. The number of halogens is 1. The SMILES string of the molecule is O=[N+]([O-])c1ccc(N[C@@H]2CCc3cc(Cl)ccc32)c2ncccc12. The molecule has 1 aromatic heterocycles. The number of aryl methyl sites for hydroxylation is 1. The highest BCUT2D eigenvalue weighted by Crippen LogP contribution is 2.37. The molecule has 4 rings (SSSR count). The Morgan fingerprint density at radius 1 is 1.25 bits per heavy atom. The zero-order valence-electron chi connectivity index (χ0n) is 12.7. The van der Waals surface area contributed by atoms with Gasteiger partial charge in [0.05, 0.1) is 22.0 Å². The molecule has 0 radical (unpaired) electrons. The highest BCUT2D eigenvalue weighted by atomic mass is 35.5. The van der Waals surface area contributed by atoms with E-state index in [4.69, 9.17) is 11.6 Å². The maximum atomic E-state index is 11.2. The van der Waals surface area contributed by atoms with Gasteiger partial charge in [0.25, 0.3) is 5.69 Å². The summed E-state index contributed by atoms with van der Waals surface area (Å²) in [4.78, 5) is 15.2. The van der Waals surface area contributed by atoms with Crippen LogP contribution in [-0.2, 0) is 6.42 Å². The molecule has 0 aliphatic heterocycles. The summed E-state index contributed by atoms with van der Waals surface area (Å²) < 4.78 is 0. The molecular weight excluding hydrogens is 326 g/mol. The second-order valence-corrected chi connectivity index (χ2v) is 6.30. The van der Waals surface area contributed by atoms with Crippen LogP contribution in [0.15, 0.2) is 48.7 Å². The van der Waals surface area contributed by atoms with Crippen LogP contribution in [0, 0.1) is 10.1 Å². The van der Waals surface area contributed by atoms with Crippen LogP contribution >= 0.6 is 11.6 Å². The molecule has 0 amide bonds. The second-order valence-electron chi connectivity index (χ2n) is 5.87. The van der Waals surface area contributed by atoms with Crippen LogP contribution in [0.2, 0.25) is 5.02 Å². The predicted octanol–water partition coefficient (Wildman–Crippen LogP) is 4.90. The van der Waals surface area contributed by atoms with Crippen molar-refractivity contribution in [1.29, 1.82) is 0 Å². The fraction of sp³-hybridized carbons (Fsp3) is 0.167. The maximum Gasteiger partial charge on any atom is 0.278 e. The van der Waals surface area contributed by atoms with E-state index in [0.717, 1.165) is 23.6 Å². The Balaban J connectivity index is 1.75. The summed E-state index contributed by atoms with van der Waals surface area (Å²) in [6, 6.07) is 12.8. The zero-order chi connectivity index (χ0) is 16.7. The Morgan fingerprint density at radius 2 is 2.12 bits per heavy atom. The number of fused-ring (bicyclic) bond motifs is 2. The topological polar surface area (TPSA) is 68.1 Å². The molecule has 5 nitrogen and oxygen atoms in total. The quantitative estimate of drug-likeness (QED) is 0.544. The van der Waals surface area contributed by atoms with Gasteiger partial charge in [0, 0.05) is 17.3 Å². The van der Waals surface area contributed by atoms with E-state index < -0.39 is 0 Å². The monoisotopic (exact) mass is 339 g/mol. The van der Waals surface area contributed by atoms with E-state index >= 15 is 0 Å². The molecule has 0 saturated carbocycles. The van der Waals surface area contributed by atoms with Crippen molar-refractivity contribution in [2.24, 2.45) is 0 Å². The largest absolute Gasteiger partial charge is 0.376 e. The molecule has 1 aliphatic carbocycles. The van der Waals surface area contributed by atoms with Crippen molar-refractivity contribution < 1.29 is 4.92 Å². The average molecular weight is 340 g/mol.